The second kappa shape index (κ2) is 6.61. The Morgan fingerprint density at radius 2 is 1.75 bits per heavy atom. The second-order valence-electron chi connectivity index (χ2n) is 8.98. The van der Waals surface area contributed by atoms with E-state index in [0.717, 1.165) is 47.5 Å². The van der Waals surface area contributed by atoms with E-state index in [1.807, 2.05) is 0 Å². The van der Waals surface area contributed by atoms with E-state index in [-0.39, 0.29) is 23.7 Å². The summed E-state index contributed by atoms with van der Waals surface area (Å²) in [6.45, 7) is 6.80. The topological polar surface area (TPSA) is 29.1 Å². The Balaban J connectivity index is 1.72. The van der Waals surface area contributed by atoms with Gasteiger partial charge in [-0.3, -0.25) is 4.79 Å². The van der Waals surface area contributed by atoms with Crippen LogP contribution in [-0.2, 0) is 23.8 Å². The summed E-state index contributed by atoms with van der Waals surface area (Å²) < 4.78 is 38.7. The van der Waals surface area contributed by atoms with Crippen molar-refractivity contribution in [3.05, 3.63) is 51.4 Å². The molecule has 2 heterocycles. The second-order valence-corrected chi connectivity index (χ2v) is 10.1. The molecule has 1 N–H and O–H groups in total. The third-order valence-electron chi connectivity index (χ3n) is 6.16. The number of alkyl halides is 3. The van der Waals surface area contributed by atoms with Crippen LogP contribution in [0.4, 0.5) is 18.2 Å². The number of hydrogen-bond donors (Lipinski definition) is 1. The molecule has 0 saturated heterocycles. The van der Waals surface area contributed by atoms with Gasteiger partial charge in [0.05, 0.1) is 10.6 Å². The van der Waals surface area contributed by atoms with Gasteiger partial charge in [-0.15, -0.1) is 11.3 Å². The molecule has 0 saturated carbocycles. The van der Waals surface area contributed by atoms with Crippen molar-refractivity contribution in [2.45, 2.75) is 58.5 Å². The number of benzene rings is 1. The quantitative estimate of drug-likeness (QED) is 0.583. The molecule has 2 aromatic rings. The number of halogens is 3. The highest BCUT2D eigenvalue weighted by Crippen LogP contribution is 2.50. The molecule has 1 aliphatic carbocycles. The molecular weight excluding hydrogens is 383 g/mol. The van der Waals surface area contributed by atoms with Gasteiger partial charge in [-0.2, -0.15) is 13.2 Å². The van der Waals surface area contributed by atoms with Crippen LogP contribution in [0.5, 0.6) is 0 Å². The van der Waals surface area contributed by atoms with E-state index in [4.69, 9.17) is 0 Å². The molecule has 1 aliphatic heterocycles. The summed E-state index contributed by atoms with van der Waals surface area (Å²) in [4.78, 5) is 13.6. The lowest BCUT2D eigenvalue weighted by Crippen LogP contribution is -2.27. The van der Waals surface area contributed by atoms with Crippen molar-refractivity contribution in [3.63, 3.8) is 0 Å². The Labute approximate surface area is 167 Å². The first-order chi connectivity index (χ1) is 13.0. The summed E-state index contributed by atoms with van der Waals surface area (Å²) in [5, 5.41) is 3.90. The number of amides is 1. The molecule has 28 heavy (non-hydrogen) atoms. The minimum atomic E-state index is -4.35. The first-order valence-electron chi connectivity index (χ1n) is 9.65. The van der Waals surface area contributed by atoms with Gasteiger partial charge < -0.3 is 5.32 Å². The third kappa shape index (κ3) is 3.47. The number of anilines is 1. The molecule has 0 unspecified atom stereocenters. The molecule has 2 atom stereocenters. The molecule has 1 amide bonds. The van der Waals surface area contributed by atoms with E-state index in [1.165, 1.54) is 22.6 Å². The molecule has 6 heteroatoms. The van der Waals surface area contributed by atoms with Crippen LogP contribution in [0, 0.1) is 11.3 Å². The van der Waals surface area contributed by atoms with Crippen molar-refractivity contribution >= 4 is 22.2 Å². The molecule has 1 aromatic carbocycles. The molecule has 0 fully saturated rings. The first-order valence-corrected chi connectivity index (χ1v) is 10.5. The molecule has 2 aliphatic rings. The minimum Gasteiger partial charge on any atom is -0.317 e. The number of fused-ring (bicyclic) bond motifs is 3. The molecule has 1 aromatic heterocycles. The maximum Gasteiger partial charge on any atom is 0.416 e. The smallest absolute Gasteiger partial charge is 0.317 e. The van der Waals surface area contributed by atoms with Gasteiger partial charge in [0.25, 0.3) is 0 Å². The van der Waals surface area contributed by atoms with E-state index < -0.39 is 11.7 Å². The number of hydrogen-bond acceptors (Lipinski definition) is 2. The van der Waals surface area contributed by atoms with Crippen molar-refractivity contribution in [3.8, 4) is 0 Å². The molecule has 0 spiro atoms. The summed E-state index contributed by atoms with van der Waals surface area (Å²) in [6, 6.07) is 5.30. The number of nitrogens with one attached hydrogen (secondary N) is 1. The first kappa shape index (κ1) is 19.5. The van der Waals surface area contributed by atoms with Crippen LogP contribution in [-0.4, -0.2) is 5.91 Å². The lowest BCUT2D eigenvalue weighted by atomic mass is 9.71. The molecule has 0 bridgehead atoms. The highest BCUT2D eigenvalue weighted by Gasteiger charge is 2.37. The highest BCUT2D eigenvalue weighted by molar-refractivity contribution is 7.16. The van der Waals surface area contributed by atoms with E-state index >= 15 is 0 Å². The largest absolute Gasteiger partial charge is 0.416 e. The van der Waals surface area contributed by atoms with Crippen LogP contribution in [0.15, 0.2) is 24.3 Å². The monoisotopic (exact) mass is 407 g/mol. The zero-order chi connectivity index (χ0) is 20.3. The SMILES string of the molecule is CC(C)(C)[C@H]1CCc2c(sc3c2[C@@H](c2ccc(C(F)(F)F)cc2)CC(=O)N3)C1. The van der Waals surface area contributed by atoms with Crippen molar-refractivity contribution in [1.82, 2.24) is 0 Å². The lowest BCUT2D eigenvalue weighted by molar-refractivity contribution is -0.137. The number of carbonyl (C=O) groups excluding carboxylic acids is 1. The fourth-order valence-electron chi connectivity index (χ4n) is 4.47. The van der Waals surface area contributed by atoms with Crippen LogP contribution in [0.3, 0.4) is 0 Å². The molecule has 0 radical (unpaired) electrons. The maximum absolute atomic E-state index is 12.9. The van der Waals surface area contributed by atoms with Crippen LogP contribution < -0.4 is 5.32 Å². The molecule has 4 rings (SSSR count). The zero-order valence-electron chi connectivity index (χ0n) is 16.2. The third-order valence-corrected chi connectivity index (χ3v) is 7.35. The Morgan fingerprint density at radius 1 is 1.07 bits per heavy atom. The van der Waals surface area contributed by atoms with E-state index in [2.05, 4.69) is 26.1 Å². The van der Waals surface area contributed by atoms with Crippen LogP contribution in [0.2, 0.25) is 0 Å². The predicted molar refractivity (Wildman–Crippen MR) is 106 cm³/mol. The maximum atomic E-state index is 12.9. The van der Waals surface area contributed by atoms with Gasteiger partial charge in [-0.05, 0) is 59.4 Å². The Morgan fingerprint density at radius 3 is 2.36 bits per heavy atom. The summed E-state index contributed by atoms with van der Waals surface area (Å²) in [5.41, 5.74) is 2.80. The van der Waals surface area contributed by atoms with Gasteiger partial charge in [-0.1, -0.05) is 32.9 Å². The summed E-state index contributed by atoms with van der Waals surface area (Å²) in [7, 11) is 0. The van der Waals surface area contributed by atoms with Crippen LogP contribution in [0.1, 0.15) is 66.7 Å². The average molecular weight is 408 g/mol. The predicted octanol–water partition coefficient (Wildman–Crippen LogP) is 6.39. The zero-order valence-corrected chi connectivity index (χ0v) is 17.1. The fourth-order valence-corrected chi connectivity index (χ4v) is 5.87. The van der Waals surface area contributed by atoms with Crippen molar-refractivity contribution in [2.75, 3.05) is 5.32 Å². The standard InChI is InChI=1S/C22H24F3NOS/c1-21(2,3)14-8-9-15-17(10-14)28-20-19(15)16(11-18(27)26-20)12-4-6-13(7-5-12)22(23,24)25/h4-7,14,16H,8-11H2,1-3H3,(H,26,27)/t14-,16+/m0/s1. The minimum absolute atomic E-state index is 0.0663. The summed E-state index contributed by atoms with van der Waals surface area (Å²) in [6.07, 6.45) is -0.989. The number of carbonyl (C=O) groups is 1. The van der Waals surface area contributed by atoms with Gasteiger partial charge >= 0.3 is 6.18 Å². The molecule has 150 valence electrons. The lowest BCUT2D eigenvalue weighted by Gasteiger charge is -2.34. The van der Waals surface area contributed by atoms with Crippen molar-refractivity contribution in [1.29, 1.82) is 0 Å². The highest BCUT2D eigenvalue weighted by atomic mass is 32.1. The van der Waals surface area contributed by atoms with Gasteiger partial charge in [0.2, 0.25) is 5.91 Å². The Hall–Kier alpha value is -1.82. The van der Waals surface area contributed by atoms with Gasteiger partial charge in [0.15, 0.2) is 0 Å². The van der Waals surface area contributed by atoms with E-state index in [0.29, 0.717) is 5.92 Å². The van der Waals surface area contributed by atoms with Crippen LogP contribution >= 0.6 is 11.3 Å². The van der Waals surface area contributed by atoms with Gasteiger partial charge in [-0.25, -0.2) is 0 Å². The normalized spacial score (nSPS) is 22.4. The Bertz CT molecular complexity index is 906. The van der Waals surface area contributed by atoms with Crippen molar-refractivity contribution in [2.24, 2.45) is 11.3 Å². The summed E-state index contributed by atoms with van der Waals surface area (Å²) in [5.74, 6) is 0.362. The average Bonchev–Trinajstić information content (AvgIpc) is 2.96. The van der Waals surface area contributed by atoms with Crippen molar-refractivity contribution < 1.29 is 18.0 Å². The van der Waals surface area contributed by atoms with E-state index in [9.17, 15) is 18.0 Å². The molecular formula is C22H24F3NOS. The molecule has 2 nitrogen and oxygen atoms in total. The Kier molecular flexibility index (Phi) is 4.60. The van der Waals surface area contributed by atoms with Gasteiger partial charge in [0, 0.05) is 17.2 Å². The van der Waals surface area contributed by atoms with Crippen LogP contribution in [0.25, 0.3) is 0 Å². The summed E-state index contributed by atoms with van der Waals surface area (Å²) >= 11 is 1.66. The van der Waals surface area contributed by atoms with Gasteiger partial charge in [0.1, 0.15) is 0 Å². The van der Waals surface area contributed by atoms with E-state index in [1.54, 1.807) is 11.3 Å². The fraction of sp³-hybridized carbons (Fsp3) is 0.500. The number of rotatable bonds is 1. The number of thiophene rings is 1.